The second kappa shape index (κ2) is 21.1. The fraction of sp³-hybridized carbons (Fsp3) is 0.319. The Kier molecular flexibility index (Phi) is 18.0. The topological polar surface area (TPSA) is 150 Å². The van der Waals surface area contributed by atoms with Crippen LogP contribution >= 0.6 is 0 Å². The minimum absolute atomic E-state index is 0. The van der Waals surface area contributed by atoms with E-state index < -0.39 is 27.7 Å². The number of hydrogen-bond donors (Lipinski definition) is 2. The van der Waals surface area contributed by atoms with E-state index in [4.69, 9.17) is 13.0 Å². The van der Waals surface area contributed by atoms with Gasteiger partial charge in [-0.15, -0.1) is 0 Å². The van der Waals surface area contributed by atoms with E-state index in [0.717, 1.165) is 66.8 Å². The number of aryl methyl sites for hydroxylation is 10. The number of carbonyl (C=O) groups excluding carboxylic acids is 4. The van der Waals surface area contributed by atoms with E-state index >= 15 is 0 Å². The summed E-state index contributed by atoms with van der Waals surface area (Å²) in [7, 11) is -6.09. The fourth-order valence-electron chi connectivity index (χ4n) is 7.49. The molecule has 61 heavy (non-hydrogen) atoms. The van der Waals surface area contributed by atoms with Crippen molar-refractivity contribution >= 4 is 33.3 Å². The predicted molar refractivity (Wildman–Crippen MR) is 227 cm³/mol. The monoisotopic (exact) mass is 904 g/mol. The van der Waals surface area contributed by atoms with E-state index in [9.17, 15) is 32.3 Å². The van der Waals surface area contributed by atoms with Crippen molar-refractivity contribution in [1.29, 1.82) is 0 Å². The van der Waals surface area contributed by atoms with Crippen LogP contribution in [0.25, 0.3) is 0 Å². The van der Waals surface area contributed by atoms with E-state index in [-0.39, 0.29) is 51.1 Å². The second-order valence-electron chi connectivity index (χ2n) is 15.5. The molecule has 329 valence electrons. The third-order valence-corrected chi connectivity index (χ3v) is 10.3. The molecule has 2 N–H and O–H groups in total. The molecule has 0 amide bonds. The number of carbonyl (C=O) groups is 4. The number of halogens is 3. The average Bonchev–Trinajstić information content (AvgIpc) is 3.06. The maximum Gasteiger partial charge on any atom is 0.485 e. The van der Waals surface area contributed by atoms with Crippen molar-refractivity contribution in [2.75, 3.05) is 0 Å². The Bertz CT molecular complexity index is 2290. The molecule has 4 aromatic carbocycles. The molecular formula is C47H52CoF3N2O7S-. The van der Waals surface area contributed by atoms with Crippen molar-refractivity contribution in [3.63, 3.8) is 0 Å². The van der Waals surface area contributed by atoms with Crippen LogP contribution in [-0.2, 0) is 36.5 Å². The number of allylic oxidation sites excluding steroid dienone is 2. The molecule has 1 radical (unpaired) electrons. The van der Waals surface area contributed by atoms with E-state index in [1.165, 1.54) is 26.2 Å². The molecule has 4 aromatic rings. The summed E-state index contributed by atoms with van der Waals surface area (Å²) < 4.78 is 58.9. The maximum atomic E-state index is 14.1. The van der Waals surface area contributed by atoms with Gasteiger partial charge in [0.25, 0.3) is 0 Å². The van der Waals surface area contributed by atoms with Crippen LogP contribution in [0.1, 0.15) is 113 Å². The van der Waals surface area contributed by atoms with Crippen LogP contribution in [0.5, 0.6) is 0 Å². The molecule has 0 fully saturated rings. The molecule has 0 bridgehead atoms. The number of hydrogen-bond acceptors (Lipinski definition) is 9. The quantitative estimate of drug-likeness (QED) is 0.0334. The second-order valence-corrected chi connectivity index (χ2v) is 16.8. The van der Waals surface area contributed by atoms with Gasteiger partial charge in [-0.05, 0) is 116 Å². The maximum absolute atomic E-state index is 14.1. The van der Waals surface area contributed by atoms with Crippen LogP contribution < -0.4 is 10.6 Å². The summed E-state index contributed by atoms with van der Waals surface area (Å²) in [6.45, 7) is 22.4. The minimum atomic E-state index is -6.09. The molecular weight excluding hydrogens is 853 g/mol. The molecule has 0 unspecified atom stereocenters. The first-order valence-electron chi connectivity index (χ1n) is 19.0. The Hall–Kier alpha value is -5.15. The van der Waals surface area contributed by atoms with Gasteiger partial charge in [0.05, 0.1) is 23.2 Å². The van der Waals surface area contributed by atoms with Crippen LogP contribution in [0.2, 0.25) is 0 Å². The number of nitrogens with one attached hydrogen (secondary N) is 2. The van der Waals surface area contributed by atoms with Gasteiger partial charge in [0.1, 0.15) is 0 Å². The first-order chi connectivity index (χ1) is 27.6. The van der Waals surface area contributed by atoms with Gasteiger partial charge in [0.15, 0.2) is 33.3 Å². The Morgan fingerprint density at radius 2 is 0.754 bits per heavy atom. The van der Waals surface area contributed by atoms with Crippen molar-refractivity contribution in [1.82, 2.24) is 10.6 Å². The van der Waals surface area contributed by atoms with Crippen LogP contribution in [0.4, 0.5) is 13.2 Å². The van der Waals surface area contributed by atoms with Gasteiger partial charge in [0, 0.05) is 40.3 Å². The standard InChI is InChI=1S/C46H52N2O4.CHF3O3S.Co/c1-25-13-26(2)20-37(19-25)43(47-23-39(35(11)49)45(51)41-31(7)15-29(5)16-32(41)8)44(38-21-27(3)14-28(4)22-38)48-24-40(36(12)50)46(52)42-33(9)17-30(6)18-34(42)10;2-1(3,4)8(5,6)7;/h13-24,43-44,47-48H,1-12H3;(H,5,6,7);/p-1/b39-23+,40-24+;;/t43-,44-;;/m0../s1. The summed E-state index contributed by atoms with van der Waals surface area (Å²) >= 11 is 0. The number of benzene rings is 4. The minimum Gasteiger partial charge on any atom is -0.741 e. The zero-order valence-electron chi connectivity index (χ0n) is 36.3. The largest absolute Gasteiger partial charge is 0.741 e. The van der Waals surface area contributed by atoms with E-state index in [2.05, 4.69) is 47.0 Å². The van der Waals surface area contributed by atoms with Crippen LogP contribution in [0.3, 0.4) is 0 Å². The third-order valence-electron chi connectivity index (χ3n) is 9.69. The van der Waals surface area contributed by atoms with Gasteiger partial charge in [-0.1, -0.05) is 94.0 Å². The molecule has 14 heteroatoms. The van der Waals surface area contributed by atoms with E-state index in [1.807, 2.05) is 93.5 Å². The molecule has 0 saturated carbocycles. The van der Waals surface area contributed by atoms with Crippen molar-refractivity contribution in [3.05, 3.63) is 162 Å². The SMILES string of the molecule is CC(=O)/C(=C\N[C@@H](c1cc(C)cc(C)c1)[C@@H](N/C=C(\C(C)=O)C(=O)c1c(C)cc(C)cc1C)c1cc(C)cc(C)c1)C(=O)c1c(C)cc(C)cc1C.O=S(=O)([O-])C(F)(F)F.[Co]. The summed E-state index contributed by atoms with van der Waals surface area (Å²) in [4.78, 5) is 54.5. The van der Waals surface area contributed by atoms with Gasteiger partial charge in [-0.2, -0.15) is 13.2 Å². The number of ketones is 4. The molecule has 9 nitrogen and oxygen atoms in total. The molecule has 0 saturated heterocycles. The predicted octanol–water partition coefficient (Wildman–Crippen LogP) is 9.49. The Labute approximate surface area is 367 Å². The molecule has 0 spiro atoms. The number of rotatable bonds is 13. The molecule has 2 atom stereocenters. The molecule has 0 heterocycles. The molecule has 0 aliphatic rings. The normalized spacial score (nSPS) is 12.9. The van der Waals surface area contributed by atoms with Crippen molar-refractivity contribution in [2.24, 2.45) is 0 Å². The van der Waals surface area contributed by atoms with E-state index in [0.29, 0.717) is 11.1 Å². The first kappa shape index (κ1) is 52.0. The fourth-order valence-corrected chi connectivity index (χ4v) is 7.49. The zero-order valence-corrected chi connectivity index (χ0v) is 38.2. The summed E-state index contributed by atoms with van der Waals surface area (Å²) in [5.41, 5.74) is 6.71. The van der Waals surface area contributed by atoms with Crippen LogP contribution in [0, 0.1) is 69.2 Å². The van der Waals surface area contributed by atoms with Gasteiger partial charge in [0.2, 0.25) is 0 Å². The van der Waals surface area contributed by atoms with E-state index in [1.54, 1.807) is 0 Å². The third kappa shape index (κ3) is 13.7. The average molecular weight is 905 g/mol. The Balaban J connectivity index is 0.00000129. The van der Waals surface area contributed by atoms with Gasteiger partial charge < -0.3 is 15.2 Å². The van der Waals surface area contributed by atoms with Gasteiger partial charge in [-0.3, -0.25) is 19.2 Å². The smallest absolute Gasteiger partial charge is 0.485 e. The van der Waals surface area contributed by atoms with Crippen LogP contribution in [0.15, 0.2) is 84.2 Å². The van der Waals surface area contributed by atoms with Crippen LogP contribution in [-0.4, -0.2) is 41.6 Å². The summed E-state index contributed by atoms with van der Waals surface area (Å²) in [6, 6.07) is 19.1. The summed E-state index contributed by atoms with van der Waals surface area (Å²) in [5.74, 6) is -1.42. The van der Waals surface area contributed by atoms with Gasteiger partial charge >= 0.3 is 5.51 Å². The zero-order chi connectivity index (χ0) is 45.6. The molecule has 0 aliphatic carbocycles. The number of Topliss-reactive ketones (excluding diaryl/α,β-unsaturated/α-hetero) is 4. The Morgan fingerprint density at radius 3 is 0.967 bits per heavy atom. The molecule has 0 aromatic heterocycles. The van der Waals surface area contributed by atoms with Crippen molar-refractivity contribution in [3.8, 4) is 0 Å². The Morgan fingerprint density at radius 1 is 0.525 bits per heavy atom. The molecule has 0 aliphatic heterocycles. The molecule has 4 rings (SSSR count). The summed E-state index contributed by atoms with van der Waals surface area (Å²) in [6.07, 6.45) is 3.06. The van der Waals surface area contributed by atoms with Gasteiger partial charge in [-0.25, -0.2) is 8.42 Å². The van der Waals surface area contributed by atoms with Crippen molar-refractivity contribution in [2.45, 2.75) is 101 Å². The number of alkyl halides is 3. The van der Waals surface area contributed by atoms with Crippen molar-refractivity contribution < 1.29 is 62.1 Å². The first-order valence-corrected chi connectivity index (χ1v) is 20.4. The summed E-state index contributed by atoms with van der Waals surface area (Å²) in [5, 5.41) is 6.97.